The lowest BCUT2D eigenvalue weighted by Gasteiger charge is -2.25. The number of nitrogens with zero attached hydrogens (tertiary/aromatic N) is 1. The first-order valence-electron chi connectivity index (χ1n) is 6.99. The highest BCUT2D eigenvalue weighted by molar-refractivity contribution is 7.89. The Bertz CT molecular complexity index is 761. The number of carboxylic acids is 1. The van der Waals surface area contributed by atoms with Gasteiger partial charge in [-0.3, -0.25) is 9.59 Å². The van der Waals surface area contributed by atoms with Gasteiger partial charge >= 0.3 is 5.97 Å². The van der Waals surface area contributed by atoms with E-state index < -0.39 is 39.3 Å². The maximum absolute atomic E-state index is 14.3. The predicted octanol–water partition coefficient (Wildman–Crippen LogP) is 1.19. The van der Waals surface area contributed by atoms with Crippen molar-refractivity contribution in [2.75, 3.05) is 11.9 Å². The smallest absolute Gasteiger partial charge is 0.318 e. The molecule has 1 aliphatic heterocycles. The zero-order valence-electron chi connectivity index (χ0n) is 12.7. The van der Waals surface area contributed by atoms with Crippen molar-refractivity contribution < 1.29 is 27.5 Å². The molecule has 2 N–H and O–H groups in total. The van der Waals surface area contributed by atoms with Crippen LogP contribution in [0.5, 0.6) is 0 Å². The van der Waals surface area contributed by atoms with E-state index in [1.165, 1.54) is 13.8 Å². The number of rotatable bonds is 5. The molecule has 1 amide bonds. The number of carbonyl (C=O) groups is 2. The highest BCUT2D eigenvalue weighted by atomic mass is 32.2. The van der Waals surface area contributed by atoms with Gasteiger partial charge in [-0.1, -0.05) is 0 Å². The molecule has 2 rings (SSSR count). The van der Waals surface area contributed by atoms with Crippen molar-refractivity contribution in [3.63, 3.8) is 0 Å². The average Bonchev–Trinajstić information content (AvgIpc) is 2.43. The number of hydrogen-bond donors (Lipinski definition) is 2. The molecule has 1 aliphatic rings. The van der Waals surface area contributed by atoms with E-state index in [-0.39, 0.29) is 18.0 Å². The van der Waals surface area contributed by atoms with Gasteiger partial charge in [0.15, 0.2) is 0 Å². The molecule has 7 nitrogen and oxygen atoms in total. The molecule has 9 heteroatoms. The third kappa shape index (κ3) is 3.50. The van der Waals surface area contributed by atoms with Crippen LogP contribution in [0.25, 0.3) is 0 Å². The standard InChI is InChI=1S/C14H17FN2O5S/c1-8(2)17(7-14(19)20)23(21,22)12-5-9-3-4-13(18)16-11(9)6-10(12)15/h5-6,8H,3-4,7H2,1-2H3,(H,16,18)(H,19,20). The van der Waals surface area contributed by atoms with E-state index in [1.54, 1.807) is 0 Å². The average molecular weight is 344 g/mol. The van der Waals surface area contributed by atoms with Gasteiger partial charge in [0, 0.05) is 18.2 Å². The summed E-state index contributed by atoms with van der Waals surface area (Å²) in [5, 5.41) is 11.4. The minimum Gasteiger partial charge on any atom is -0.480 e. The number of benzene rings is 1. The van der Waals surface area contributed by atoms with E-state index in [2.05, 4.69) is 5.32 Å². The second-order valence-electron chi connectivity index (χ2n) is 5.53. The second kappa shape index (κ2) is 6.25. The highest BCUT2D eigenvalue weighted by Gasteiger charge is 2.32. The summed E-state index contributed by atoms with van der Waals surface area (Å²) >= 11 is 0. The summed E-state index contributed by atoms with van der Waals surface area (Å²) in [5.74, 6) is -2.61. The zero-order valence-corrected chi connectivity index (χ0v) is 13.5. The minimum atomic E-state index is -4.31. The van der Waals surface area contributed by atoms with E-state index in [4.69, 9.17) is 5.11 Å². The number of anilines is 1. The topological polar surface area (TPSA) is 104 Å². The largest absolute Gasteiger partial charge is 0.480 e. The molecule has 0 saturated heterocycles. The molecule has 0 aliphatic carbocycles. The Morgan fingerprint density at radius 3 is 2.61 bits per heavy atom. The fourth-order valence-corrected chi connectivity index (χ4v) is 4.07. The van der Waals surface area contributed by atoms with Crippen LogP contribution in [0.15, 0.2) is 17.0 Å². The molecular weight excluding hydrogens is 327 g/mol. The third-order valence-electron chi connectivity index (χ3n) is 3.51. The van der Waals surface area contributed by atoms with Crippen LogP contribution < -0.4 is 5.32 Å². The SMILES string of the molecule is CC(C)N(CC(=O)O)S(=O)(=O)c1cc2c(cc1F)NC(=O)CC2. The van der Waals surface area contributed by atoms with Gasteiger partial charge in [-0.2, -0.15) is 4.31 Å². The fourth-order valence-electron chi connectivity index (χ4n) is 2.38. The Hall–Kier alpha value is -2.00. The Morgan fingerprint density at radius 2 is 2.04 bits per heavy atom. The van der Waals surface area contributed by atoms with Crippen molar-refractivity contribution >= 4 is 27.6 Å². The van der Waals surface area contributed by atoms with Crippen molar-refractivity contribution in [2.24, 2.45) is 0 Å². The molecule has 23 heavy (non-hydrogen) atoms. The van der Waals surface area contributed by atoms with Crippen LogP contribution in [0.2, 0.25) is 0 Å². The number of aliphatic carboxylic acids is 1. The zero-order chi connectivity index (χ0) is 17.4. The Kier molecular flexibility index (Phi) is 4.71. The first-order valence-corrected chi connectivity index (χ1v) is 8.43. The van der Waals surface area contributed by atoms with Gasteiger partial charge in [0.1, 0.15) is 17.3 Å². The number of fused-ring (bicyclic) bond motifs is 1. The van der Waals surface area contributed by atoms with Crippen LogP contribution in [0.1, 0.15) is 25.8 Å². The molecule has 0 spiro atoms. The first-order chi connectivity index (χ1) is 10.6. The molecule has 0 radical (unpaired) electrons. The van der Waals surface area contributed by atoms with Gasteiger partial charge in [-0.05, 0) is 38.0 Å². The monoisotopic (exact) mass is 344 g/mol. The predicted molar refractivity (Wildman–Crippen MR) is 80.0 cm³/mol. The lowest BCUT2D eigenvalue weighted by molar-refractivity contribution is -0.137. The number of sulfonamides is 1. The number of halogens is 1. The molecule has 0 atom stereocenters. The molecule has 0 aromatic heterocycles. The van der Waals surface area contributed by atoms with Crippen LogP contribution in [0, 0.1) is 5.82 Å². The van der Waals surface area contributed by atoms with E-state index in [0.717, 1.165) is 16.4 Å². The normalized spacial score (nSPS) is 14.7. The Balaban J connectivity index is 2.51. The van der Waals surface area contributed by atoms with Crippen molar-refractivity contribution in [1.82, 2.24) is 4.31 Å². The molecular formula is C14H17FN2O5S. The molecule has 0 fully saturated rings. The van der Waals surface area contributed by atoms with Gasteiger partial charge in [-0.25, -0.2) is 12.8 Å². The van der Waals surface area contributed by atoms with E-state index in [1.807, 2.05) is 0 Å². The van der Waals surface area contributed by atoms with E-state index in [0.29, 0.717) is 12.0 Å². The van der Waals surface area contributed by atoms with Crippen LogP contribution >= 0.6 is 0 Å². The van der Waals surface area contributed by atoms with Gasteiger partial charge < -0.3 is 10.4 Å². The number of carbonyl (C=O) groups excluding carboxylic acids is 1. The lowest BCUT2D eigenvalue weighted by atomic mass is 10.0. The third-order valence-corrected chi connectivity index (χ3v) is 5.54. The lowest BCUT2D eigenvalue weighted by Crippen LogP contribution is -2.41. The maximum Gasteiger partial charge on any atom is 0.318 e. The summed E-state index contributed by atoms with van der Waals surface area (Å²) in [4.78, 5) is 21.6. The van der Waals surface area contributed by atoms with Gasteiger partial charge in [-0.15, -0.1) is 0 Å². The van der Waals surface area contributed by atoms with Crippen molar-refractivity contribution in [3.8, 4) is 0 Å². The summed E-state index contributed by atoms with van der Waals surface area (Å²) in [6.07, 6.45) is 0.478. The van der Waals surface area contributed by atoms with E-state index >= 15 is 0 Å². The molecule has 0 saturated carbocycles. The van der Waals surface area contributed by atoms with Crippen LogP contribution in [-0.4, -0.2) is 42.3 Å². The molecule has 0 unspecified atom stereocenters. The molecule has 1 aromatic rings. The van der Waals surface area contributed by atoms with Gasteiger partial charge in [0.25, 0.3) is 0 Å². The second-order valence-corrected chi connectivity index (χ2v) is 7.38. The Morgan fingerprint density at radius 1 is 1.39 bits per heavy atom. The molecule has 0 bridgehead atoms. The summed E-state index contributed by atoms with van der Waals surface area (Å²) in [7, 11) is -4.31. The van der Waals surface area contributed by atoms with Gasteiger partial charge in [0.05, 0.1) is 0 Å². The highest BCUT2D eigenvalue weighted by Crippen LogP contribution is 2.30. The fraction of sp³-hybridized carbons (Fsp3) is 0.429. The molecule has 1 aromatic carbocycles. The van der Waals surface area contributed by atoms with Crippen molar-refractivity contribution in [3.05, 3.63) is 23.5 Å². The summed E-state index contributed by atoms with van der Waals surface area (Å²) in [5.41, 5.74) is 0.746. The quantitative estimate of drug-likeness (QED) is 0.835. The van der Waals surface area contributed by atoms with E-state index in [9.17, 15) is 22.4 Å². The number of nitrogens with one attached hydrogen (secondary N) is 1. The summed E-state index contributed by atoms with van der Waals surface area (Å²) in [6.45, 7) is 2.27. The number of hydrogen-bond acceptors (Lipinski definition) is 4. The number of amides is 1. The van der Waals surface area contributed by atoms with Gasteiger partial charge in [0.2, 0.25) is 15.9 Å². The van der Waals surface area contributed by atoms with Crippen molar-refractivity contribution in [1.29, 1.82) is 0 Å². The van der Waals surface area contributed by atoms with Crippen LogP contribution in [0.4, 0.5) is 10.1 Å². The first kappa shape index (κ1) is 17.4. The molecule has 126 valence electrons. The number of carboxylic acid groups (broad SMARTS) is 1. The molecule has 1 heterocycles. The van der Waals surface area contributed by atoms with Crippen molar-refractivity contribution in [2.45, 2.75) is 37.6 Å². The summed E-state index contributed by atoms with van der Waals surface area (Å²) < 4.78 is 40.2. The number of aryl methyl sites for hydroxylation is 1. The Labute approximate surface area is 133 Å². The van der Waals surface area contributed by atoms with Crippen LogP contribution in [-0.2, 0) is 26.0 Å². The minimum absolute atomic E-state index is 0.182. The van der Waals surface area contributed by atoms with Crippen LogP contribution in [0.3, 0.4) is 0 Å². The summed E-state index contributed by atoms with van der Waals surface area (Å²) in [6, 6.07) is 1.47. The maximum atomic E-state index is 14.3.